The molecule has 29 heavy (non-hydrogen) atoms. The Kier molecular flexibility index (Phi) is 5.77. The number of rotatable bonds is 5. The summed E-state index contributed by atoms with van der Waals surface area (Å²) in [4.78, 5) is 18.8. The predicted molar refractivity (Wildman–Crippen MR) is 108 cm³/mol. The molecule has 0 spiro atoms. The minimum Gasteiger partial charge on any atom is -0.478 e. The van der Waals surface area contributed by atoms with E-state index in [2.05, 4.69) is 15.9 Å². The first-order chi connectivity index (χ1) is 13.9. The van der Waals surface area contributed by atoms with Gasteiger partial charge in [-0.3, -0.25) is 0 Å². The van der Waals surface area contributed by atoms with Crippen molar-refractivity contribution >= 4 is 29.2 Å². The summed E-state index contributed by atoms with van der Waals surface area (Å²) in [6, 6.07) is 13.9. The fourth-order valence-electron chi connectivity index (χ4n) is 2.74. The Balaban J connectivity index is 2.05. The second-order valence-electron chi connectivity index (χ2n) is 5.93. The summed E-state index contributed by atoms with van der Waals surface area (Å²) in [5, 5.41) is 19.2. The predicted octanol–water partition coefficient (Wildman–Crippen LogP) is 4.88. The number of nitrogen functional groups attached to an aromatic ring is 1. The number of aromatic carboxylic acids is 1. The lowest BCUT2D eigenvalue weighted by atomic mass is 10.00. The molecule has 0 saturated carbocycles. The van der Waals surface area contributed by atoms with E-state index in [1.165, 1.54) is 42.1 Å². The number of pyridine rings is 1. The molecule has 0 bridgehead atoms. The van der Waals surface area contributed by atoms with Gasteiger partial charge in [-0.1, -0.05) is 24.3 Å². The Morgan fingerprint density at radius 1 is 1.31 bits per heavy atom. The van der Waals surface area contributed by atoms with Gasteiger partial charge in [-0.05, 0) is 35.4 Å². The summed E-state index contributed by atoms with van der Waals surface area (Å²) in [5.74, 6) is -1.15. The van der Waals surface area contributed by atoms with Gasteiger partial charge in [0.2, 0.25) is 5.69 Å². The highest BCUT2D eigenvalue weighted by Crippen LogP contribution is 2.41. The molecule has 0 atom stereocenters. The van der Waals surface area contributed by atoms with Crippen molar-refractivity contribution in [3.05, 3.63) is 82.5 Å². The normalized spacial score (nSPS) is 10.2. The molecule has 0 aliphatic heterocycles. The molecule has 0 unspecified atom stereocenters. The summed E-state index contributed by atoms with van der Waals surface area (Å²) in [7, 11) is 0. The standard InChI is InChI=1S/C21H13FN4O2S/c1-25-18-17(13-5-7-15(22)8-6-13)16(10-23)20(26-19(18)24)29-11-12-3-2-4-14(9-12)21(27)28/h2-9H,11H2,(H2,24,26)(H,27,28). The van der Waals surface area contributed by atoms with E-state index in [0.717, 1.165) is 5.56 Å². The quantitative estimate of drug-likeness (QED) is 0.464. The molecule has 142 valence electrons. The first kappa shape index (κ1) is 19.9. The zero-order valence-electron chi connectivity index (χ0n) is 14.9. The van der Waals surface area contributed by atoms with Crippen LogP contribution in [0.25, 0.3) is 16.0 Å². The lowest BCUT2D eigenvalue weighted by molar-refractivity contribution is 0.0696. The maximum Gasteiger partial charge on any atom is 0.335 e. The van der Waals surface area contributed by atoms with Crippen molar-refractivity contribution in [3.8, 4) is 17.2 Å². The smallest absolute Gasteiger partial charge is 0.335 e. The molecule has 3 aromatic rings. The monoisotopic (exact) mass is 404 g/mol. The van der Waals surface area contributed by atoms with Gasteiger partial charge in [0.15, 0.2) is 0 Å². The zero-order chi connectivity index (χ0) is 21.0. The first-order valence-electron chi connectivity index (χ1n) is 8.26. The molecule has 3 N–H and O–H groups in total. The second-order valence-corrected chi connectivity index (χ2v) is 6.89. The van der Waals surface area contributed by atoms with Crippen LogP contribution in [-0.4, -0.2) is 16.1 Å². The molecule has 6 nitrogen and oxygen atoms in total. The van der Waals surface area contributed by atoms with Gasteiger partial charge >= 0.3 is 5.97 Å². The highest BCUT2D eigenvalue weighted by atomic mass is 32.2. The fraction of sp³-hybridized carbons (Fsp3) is 0.0476. The Bertz CT molecular complexity index is 1180. The van der Waals surface area contributed by atoms with Crippen LogP contribution in [0.2, 0.25) is 0 Å². The Morgan fingerprint density at radius 3 is 2.66 bits per heavy atom. The number of hydrogen-bond donors (Lipinski definition) is 2. The van der Waals surface area contributed by atoms with Crippen molar-refractivity contribution in [2.45, 2.75) is 10.8 Å². The average molecular weight is 404 g/mol. The van der Waals surface area contributed by atoms with Gasteiger partial charge in [0.1, 0.15) is 22.7 Å². The largest absolute Gasteiger partial charge is 0.478 e. The van der Waals surface area contributed by atoms with Crippen LogP contribution in [0.5, 0.6) is 0 Å². The summed E-state index contributed by atoms with van der Waals surface area (Å²) >= 11 is 1.21. The summed E-state index contributed by atoms with van der Waals surface area (Å²) in [6.07, 6.45) is 0. The van der Waals surface area contributed by atoms with Crippen LogP contribution in [0.1, 0.15) is 21.5 Å². The molecular weight excluding hydrogens is 391 g/mol. The third-order valence-electron chi connectivity index (χ3n) is 4.07. The van der Waals surface area contributed by atoms with E-state index in [1.807, 2.05) is 0 Å². The minimum absolute atomic E-state index is 0.0277. The number of carboxylic acid groups (broad SMARTS) is 1. The molecule has 0 saturated heterocycles. The van der Waals surface area contributed by atoms with E-state index in [1.54, 1.807) is 18.2 Å². The van der Waals surface area contributed by atoms with Crippen LogP contribution < -0.4 is 5.73 Å². The third-order valence-corrected chi connectivity index (χ3v) is 5.12. The SMILES string of the molecule is [C-]#[N+]c1c(N)nc(SCc2cccc(C(=O)O)c2)c(C#N)c1-c1ccc(F)cc1. The van der Waals surface area contributed by atoms with E-state index in [0.29, 0.717) is 21.9 Å². The van der Waals surface area contributed by atoms with Crippen molar-refractivity contribution in [3.63, 3.8) is 0 Å². The number of thioether (sulfide) groups is 1. The number of anilines is 1. The fourth-order valence-corrected chi connectivity index (χ4v) is 3.67. The number of benzene rings is 2. The van der Waals surface area contributed by atoms with E-state index >= 15 is 0 Å². The lowest BCUT2D eigenvalue weighted by Crippen LogP contribution is -2.00. The van der Waals surface area contributed by atoms with Gasteiger partial charge < -0.3 is 10.8 Å². The summed E-state index contributed by atoms with van der Waals surface area (Å²) in [6.45, 7) is 7.42. The van der Waals surface area contributed by atoms with Crippen molar-refractivity contribution in [2.24, 2.45) is 0 Å². The molecule has 0 aliphatic rings. The second kappa shape index (κ2) is 8.42. The van der Waals surface area contributed by atoms with Crippen molar-refractivity contribution in [1.29, 1.82) is 5.26 Å². The maximum atomic E-state index is 13.3. The number of nitriles is 1. The lowest BCUT2D eigenvalue weighted by Gasteiger charge is -2.13. The van der Waals surface area contributed by atoms with E-state index in [9.17, 15) is 14.4 Å². The van der Waals surface area contributed by atoms with Gasteiger partial charge in [0.05, 0.1) is 17.7 Å². The van der Waals surface area contributed by atoms with E-state index in [4.69, 9.17) is 17.4 Å². The highest BCUT2D eigenvalue weighted by Gasteiger charge is 2.20. The van der Waals surface area contributed by atoms with Gasteiger partial charge in [0, 0.05) is 11.3 Å². The third kappa shape index (κ3) is 4.18. The Morgan fingerprint density at radius 2 is 2.03 bits per heavy atom. The van der Waals surface area contributed by atoms with Gasteiger partial charge in [-0.2, -0.15) is 5.26 Å². The molecule has 0 radical (unpaired) electrons. The van der Waals surface area contributed by atoms with Crippen LogP contribution in [0.4, 0.5) is 15.9 Å². The Labute approximate surface area is 170 Å². The molecule has 0 amide bonds. The number of halogens is 1. The van der Waals surface area contributed by atoms with Gasteiger partial charge in [0.25, 0.3) is 0 Å². The Hall–Kier alpha value is -3.88. The maximum absolute atomic E-state index is 13.3. The molecule has 1 heterocycles. The highest BCUT2D eigenvalue weighted by molar-refractivity contribution is 7.98. The number of carboxylic acids is 1. The molecule has 0 aliphatic carbocycles. The summed E-state index contributed by atoms with van der Waals surface area (Å²) in [5.41, 5.74) is 7.83. The minimum atomic E-state index is -1.03. The van der Waals surface area contributed by atoms with Crippen molar-refractivity contribution in [1.82, 2.24) is 4.98 Å². The molecule has 8 heteroatoms. The number of carbonyl (C=O) groups is 1. The molecule has 0 fully saturated rings. The molecule has 3 rings (SSSR count). The zero-order valence-corrected chi connectivity index (χ0v) is 15.7. The van der Waals surface area contributed by atoms with Crippen molar-refractivity contribution < 1.29 is 14.3 Å². The van der Waals surface area contributed by atoms with Gasteiger partial charge in [-0.15, -0.1) is 11.8 Å². The topological polar surface area (TPSA) is 104 Å². The molecular formula is C21H13FN4O2S. The van der Waals surface area contributed by atoms with E-state index in [-0.39, 0.29) is 22.6 Å². The van der Waals surface area contributed by atoms with Crippen LogP contribution >= 0.6 is 11.8 Å². The number of nitrogens with zero attached hydrogens (tertiary/aromatic N) is 3. The van der Waals surface area contributed by atoms with Crippen LogP contribution in [0.15, 0.2) is 53.6 Å². The van der Waals surface area contributed by atoms with Crippen molar-refractivity contribution in [2.75, 3.05) is 5.73 Å². The first-order valence-corrected chi connectivity index (χ1v) is 9.25. The number of nitrogens with two attached hydrogens (primary N) is 1. The number of hydrogen-bond acceptors (Lipinski definition) is 5. The number of aromatic nitrogens is 1. The van der Waals surface area contributed by atoms with Gasteiger partial charge in [-0.25, -0.2) is 19.0 Å². The van der Waals surface area contributed by atoms with E-state index < -0.39 is 11.8 Å². The van der Waals surface area contributed by atoms with Crippen LogP contribution in [0.3, 0.4) is 0 Å². The molecule has 1 aromatic heterocycles. The summed E-state index contributed by atoms with van der Waals surface area (Å²) < 4.78 is 13.3. The van der Waals surface area contributed by atoms with Crippen LogP contribution in [0, 0.1) is 23.7 Å². The molecule has 2 aromatic carbocycles. The van der Waals surface area contributed by atoms with Crippen LogP contribution in [-0.2, 0) is 5.75 Å². The average Bonchev–Trinajstić information content (AvgIpc) is 2.72.